The number of nitrogens with two attached hydrogens (primary N) is 1. The van der Waals surface area contributed by atoms with Crippen LogP contribution in [0.3, 0.4) is 0 Å². The minimum absolute atomic E-state index is 0.253. The molecule has 0 amide bonds. The number of rotatable bonds is 4. The lowest BCUT2D eigenvalue weighted by Crippen LogP contribution is -2.06. The van der Waals surface area contributed by atoms with Crippen LogP contribution in [-0.4, -0.2) is 16.9 Å². The quantitative estimate of drug-likeness (QED) is 0.907. The summed E-state index contributed by atoms with van der Waals surface area (Å²) in [5.41, 5.74) is 5.51. The van der Waals surface area contributed by atoms with Gasteiger partial charge in [0.15, 0.2) is 12.5 Å². The van der Waals surface area contributed by atoms with E-state index in [4.69, 9.17) is 26.8 Å². The van der Waals surface area contributed by atoms with Crippen LogP contribution in [-0.2, 0) is 6.73 Å². The number of anilines is 1. The zero-order valence-corrected chi connectivity index (χ0v) is 10.0. The molecule has 1 aromatic heterocycles. The molecule has 5 nitrogen and oxygen atoms in total. The van der Waals surface area contributed by atoms with Crippen LogP contribution >= 0.6 is 11.6 Å². The van der Waals surface area contributed by atoms with Crippen molar-refractivity contribution in [3.8, 4) is 11.5 Å². The van der Waals surface area contributed by atoms with E-state index in [9.17, 15) is 0 Å². The fourth-order valence-corrected chi connectivity index (χ4v) is 1.44. The van der Waals surface area contributed by atoms with Crippen LogP contribution in [0.4, 0.5) is 5.82 Å². The highest BCUT2D eigenvalue weighted by Crippen LogP contribution is 2.18. The Morgan fingerprint density at radius 2 is 1.94 bits per heavy atom. The Kier molecular flexibility index (Phi) is 3.39. The highest BCUT2D eigenvalue weighted by atomic mass is 35.5. The van der Waals surface area contributed by atoms with Crippen molar-refractivity contribution in [1.82, 2.24) is 9.78 Å². The van der Waals surface area contributed by atoms with Crippen molar-refractivity contribution in [3.63, 3.8) is 0 Å². The molecule has 0 aliphatic carbocycles. The SMILES string of the molecule is COc1ccc(OCn2cc(Cl)c(N)n2)cc1. The van der Waals surface area contributed by atoms with Crippen molar-refractivity contribution in [2.75, 3.05) is 12.8 Å². The van der Waals surface area contributed by atoms with Gasteiger partial charge in [-0.2, -0.15) is 5.10 Å². The van der Waals surface area contributed by atoms with Gasteiger partial charge in [-0.1, -0.05) is 11.6 Å². The second-order valence-electron chi connectivity index (χ2n) is 3.35. The van der Waals surface area contributed by atoms with Gasteiger partial charge in [0, 0.05) is 6.20 Å². The van der Waals surface area contributed by atoms with Gasteiger partial charge >= 0.3 is 0 Å². The van der Waals surface area contributed by atoms with E-state index in [0.717, 1.165) is 11.5 Å². The molecule has 2 N–H and O–H groups in total. The van der Waals surface area contributed by atoms with Gasteiger partial charge in [0.2, 0.25) is 0 Å². The molecule has 6 heteroatoms. The number of aromatic nitrogens is 2. The summed E-state index contributed by atoms with van der Waals surface area (Å²) in [6.45, 7) is 0.253. The van der Waals surface area contributed by atoms with E-state index in [0.29, 0.717) is 10.8 Å². The predicted octanol–water partition coefficient (Wildman–Crippen LogP) is 2.16. The lowest BCUT2D eigenvalue weighted by molar-refractivity contribution is 0.221. The van der Waals surface area contributed by atoms with Gasteiger partial charge in [0.05, 0.1) is 7.11 Å². The smallest absolute Gasteiger partial charge is 0.181 e. The lowest BCUT2D eigenvalue weighted by atomic mass is 10.3. The van der Waals surface area contributed by atoms with Crippen LogP contribution in [0.5, 0.6) is 11.5 Å². The number of ether oxygens (including phenoxy) is 2. The molecule has 17 heavy (non-hydrogen) atoms. The molecule has 0 aliphatic heterocycles. The third kappa shape index (κ3) is 2.82. The molecule has 0 saturated carbocycles. The third-order valence-corrected chi connectivity index (χ3v) is 2.46. The molecule has 2 rings (SSSR count). The van der Waals surface area contributed by atoms with Crippen LogP contribution in [0, 0.1) is 0 Å². The zero-order chi connectivity index (χ0) is 12.3. The highest BCUT2D eigenvalue weighted by molar-refractivity contribution is 6.32. The summed E-state index contributed by atoms with van der Waals surface area (Å²) in [6, 6.07) is 7.26. The second-order valence-corrected chi connectivity index (χ2v) is 3.76. The minimum Gasteiger partial charge on any atom is -0.497 e. The number of hydrogen-bond acceptors (Lipinski definition) is 4. The normalized spacial score (nSPS) is 10.2. The molecule has 2 aromatic rings. The second kappa shape index (κ2) is 4.97. The van der Waals surface area contributed by atoms with Gasteiger partial charge in [-0.25, -0.2) is 4.68 Å². The largest absolute Gasteiger partial charge is 0.497 e. The van der Waals surface area contributed by atoms with E-state index in [1.807, 2.05) is 24.3 Å². The van der Waals surface area contributed by atoms with E-state index in [1.165, 1.54) is 4.68 Å². The molecule has 90 valence electrons. The standard InChI is InChI=1S/C11H12ClN3O2/c1-16-8-2-4-9(5-3-8)17-7-15-6-10(12)11(13)14-15/h2-6H,7H2,1H3,(H2,13,14). The minimum atomic E-state index is 0.253. The monoisotopic (exact) mass is 253 g/mol. The Morgan fingerprint density at radius 1 is 1.29 bits per heavy atom. The average molecular weight is 254 g/mol. The molecule has 0 unspecified atom stereocenters. The number of hydrogen-bond donors (Lipinski definition) is 1. The van der Waals surface area contributed by atoms with Crippen LogP contribution in [0.25, 0.3) is 0 Å². The van der Waals surface area contributed by atoms with E-state index in [1.54, 1.807) is 13.3 Å². The molecule has 1 heterocycles. The van der Waals surface area contributed by atoms with Gasteiger partial charge < -0.3 is 15.2 Å². The molecule has 0 saturated heterocycles. The number of methoxy groups -OCH3 is 1. The van der Waals surface area contributed by atoms with Crippen molar-refractivity contribution in [2.24, 2.45) is 0 Å². The van der Waals surface area contributed by atoms with Gasteiger partial charge in [-0.05, 0) is 24.3 Å². The topological polar surface area (TPSA) is 62.3 Å². The van der Waals surface area contributed by atoms with Crippen LogP contribution in [0.1, 0.15) is 0 Å². The summed E-state index contributed by atoms with van der Waals surface area (Å²) < 4.78 is 12.1. The Labute approximate surface area is 104 Å². The lowest BCUT2D eigenvalue weighted by Gasteiger charge is -2.06. The summed E-state index contributed by atoms with van der Waals surface area (Å²) in [6.07, 6.45) is 1.61. The first-order chi connectivity index (χ1) is 8.19. The molecular weight excluding hydrogens is 242 g/mol. The Balaban J connectivity index is 1.97. The van der Waals surface area contributed by atoms with Crippen molar-refractivity contribution < 1.29 is 9.47 Å². The van der Waals surface area contributed by atoms with Crippen molar-refractivity contribution in [1.29, 1.82) is 0 Å². The summed E-state index contributed by atoms with van der Waals surface area (Å²) in [4.78, 5) is 0. The van der Waals surface area contributed by atoms with Gasteiger partial charge in [-0.3, -0.25) is 0 Å². The molecule has 0 atom stereocenters. The van der Waals surface area contributed by atoms with Gasteiger partial charge in [0.25, 0.3) is 0 Å². The maximum absolute atomic E-state index is 5.77. The molecule has 0 radical (unpaired) electrons. The molecular formula is C11H12ClN3O2. The molecule has 0 spiro atoms. The molecule has 1 aromatic carbocycles. The van der Waals surface area contributed by atoms with Crippen molar-refractivity contribution in [2.45, 2.75) is 6.73 Å². The number of halogens is 1. The van der Waals surface area contributed by atoms with Crippen LogP contribution in [0.15, 0.2) is 30.5 Å². The van der Waals surface area contributed by atoms with Gasteiger partial charge in [-0.15, -0.1) is 0 Å². The van der Waals surface area contributed by atoms with E-state index < -0.39 is 0 Å². The van der Waals surface area contributed by atoms with E-state index >= 15 is 0 Å². The molecule has 0 aliphatic rings. The third-order valence-electron chi connectivity index (χ3n) is 2.17. The number of benzene rings is 1. The predicted molar refractivity (Wildman–Crippen MR) is 65.3 cm³/mol. The summed E-state index contributed by atoms with van der Waals surface area (Å²) in [5, 5.41) is 4.39. The first-order valence-corrected chi connectivity index (χ1v) is 5.32. The number of nitrogen functional groups attached to an aromatic ring is 1. The summed E-state index contributed by atoms with van der Waals surface area (Å²) in [7, 11) is 1.62. The van der Waals surface area contributed by atoms with Crippen molar-refractivity contribution in [3.05, 3.63) is 35.5 Å². The van der Waals surface area contributed by atoms with Crippen LogP contribution < -0.4 is 15.2 Å². The Morgan fingerprint density at radius 3 is 2.47 bits per heavy atom. The van der Waals surface area contributed by atoms with E-state index in [2.05, 4.69) is 5.10 Å². The number of nitrogens with zero attached hydrogens (tertiary/aromatic N) is 2. The highest BCUT2D eigenvalue weighted by Gasteiger charge is 2.02. The summed E-state index contributed by atoms with van der Waals surface area (Å²) >= 11 is 5.77. The Hall–Kier alpha value is -1.88. The fraction of sp³-hybridized carbons (Fsp3) is 0.182. The van der Waals surface area contributed by atoms with Crippen LogP contribution in [0.2, 0.25) is 5.02 Å². The Bertz CT molecular complexity index is 476. The fourth-order valence-electron chi connectivity index (χ4n) is 1.29. The maximum atomic E-state index is 5.77. The van der Waals surface area contributed by atoms with Crippen molar-refractivity contribution >= 4 is 17.4 Å². The first kappa shape index (κ1) is 11.6. The zero-order valence-electron chi connectivity index (χ0n) is 9.26. The van der Waals surface area contributed by atoms with Gasteiger partial charge in [0.1, 0.15) is 16.5 Å². The summed E-state index contributed by atoms with van der Waals surface area (Å²) in [5.74, 6) is 1.80. The maximum Gasteiger partial charge on any atom is 0.181 e. The molecule has 0 bridgehead atoms. The molecule has 0 fully saturated rings. The first-order valence-electron chi connectivity index (χ1n) is 4.94. The van der Waals surface area contributed by atoms with E-state index in [-0.39, 0.29) is 6.73 Å². The average Bonchev–Trinajstić information content (AvgIpc) is 2.67.